The van der Waals surface area contributed by atoms with Gasteiger partial charge in [0.25, 0.3) is 0 Å². The SMILES string of the molecule is Cc1ccc2c(c1)Cc1c-2ccc2c1Cc1cc(C)ccc1-2.Cc1ccc2c(c1)Cc1cc3c(cc1-2)Cc1cc(C)ccc1-3.[CH2-]c1cc(C)ccc1-c1ccc(C)cc1[CH2-].[V+2].[V]. The minimum Gasteiger partial charge on any atom is -0.199 e. The average molecular weight is 875 g/mol. The maximum absolute atomic E-state index is 4.09. The molecule has 62 heavy (non-hydrogen) atoms. The van der Waals surface area contributed by atoms with E-state index in [0.717, 1.165) is 36.8 Å². The molecule has 0 aromatic heterocycles. The summed E-state index contributed by atoms with van der Waals surface area (Å²) in [6.07, 6.45) is 4.37. The largest absolute Gasteiger partial charge is 2.00 e. The van der Waals surface area contributed by atoms with Gasteiger partial charge in [0.05, 0.1) is 0 Å². The zero-order valence-electron chi connectivity index (χ0n) is 36.8. The number of aryl methyl sites for hydroxylation is 6. The monoisotopic (exact) mass is 874 g/mol. The zero-order chi connectivity index (χ0) is 41.4. The quantitative estimate of drug-likeness (QED) is 0.144. The van der Waals surface area contributed by atoms with Crippen molar-refractivity contribution in [1.29, 1.82) is 0 Å². The van der Waals surface area contributed by atoms with Gasteiger partial charge in [0.15, 0.2) is 0 Å². The van der Waals surface area contributed by atoms with E-state index in [4.69, 9.17) is 0 Å². The molecule has 0 fully saturated rings. The van der Waals surface area contributed by atoms with Gasteiger partial charge in [-0.2, -0.15) is 48.2 Å². The molecule has 0 atom stereocenters. The van der Waals surface area contributed by atoms with E-state index in [0.29, 0.717) is 0 Å². The summed E-state index contributed by atoms with van der Waals surface area (Å²) in [7, 11) is 0. The maximum Gasteiger partial charge on any atom is 2.00 e. The summed E-state index contributed by atoms with van der Waals surface area (Å²) in [5.74, 6) is 0. The zero-order valence-corrected chi connectivity index (χ0v) is 39.6. The van der Waals surface area contributed by atoms with Crippen LogP contribution in [-0.2, 0) is 62.8 Å². The van der Waals surface area contributed by atoms with Gasteiger partial charge in [0.1, 0.15) is 0 Å². The Morgan fingerprint density at radius 2 is 0.516 bits per heavy atom. The normalized spacial score (nSPS) is 12.3. The molecule has 0 saturated heterocycles. The Kier molecular flexibility index (Phi) is 11.9. The van der Waals surface area contributed by atoms with Gasteiger partial charge >= 0.3 is 18.6 Å². The molecule has 0 saturated carbocycles. The standard InChI is InChI=1S/2C22H18.C16H16.2V/c1-13-3-5-19-15(7-13)9-17-11-22-18(12-21(17)19)10-16-8-14(2)4-6-20(16)22;1-13-3-5-17-15(9-13)11-21-19(17)7-8-20-18-6-4-14(2)10-16(18)12-22(20)21;1-11-5-7-15(13(3)9-11)16-8-6-12(2)10-14(16)4;;/h3-8,11-12H,9-10H2,1-2H3;3-10H,11-12H2,1-2H3;5-10H,3-4H2,1-2H3;;/q;;-2;;+2. The van der Waals surface area contributed by atoms with E-state index < -0.39 is 0 Å². The van der Waals surface area contributed by atoms with E-state index in [2.05, 4.69) is 189 Å². The van der Waals surface area contributed by atoms with Gasteiger partial charge in [-0.05, 0) is 155 Å². The van der Waals surface area contributed by atoms with E-state index in [1.54, 1.807) is 11.1 Å². The molecule has 8 aromatic carbocycles. The van der Waals surface area contributed by atoms with E-state index in [1.165, 1.54) is 122 Å². The van der Waals surface area contributed by atoms with Crippen molar-refractivity contribution in [2.24, 2.45) is 0 Å². The van der Waals surface area contributed by atoms with Crippen molar-refractivity contribution in [1.82, 2.24) is 0 Å². The molecule has 12 rings (SSSR count). The summed E-state index contributed by atoms with van der Waals surface area (Å²) < 4.78 is 0. The molecule has 302 valence electrons. The Labute approximate surface area is 393 Å². The number of benzene rings is 8. The molecule has 2 heteroatoms. The topological polar surface area (TPSA) is 0 Å². The second-order valence-corrected chi connectivity index (χ2v) is 18.0. The third-order valence-corrected chi connectivity index (χ3v) is 13.3. The van der Waals surface area contributed by atoms with Crippen LogP contribution in [0, 0.1) is 55.4 Å². The molecular formula is C60H52V2. The molecule has 0 nitrogen and oxygen atoms in total. The third kappa shape index (κ3) is 7.85. The van der Waals surface area contributed by atoms with Gasteiger partial charge in [-0.3, -0.25) is 0 Å². The van der Waals surface area contributed by atoms with Crippen molar-refractivity contribution in [2.45, 2.75) is 67.2 Å². The molecule has 0 unspecified atom stereocenters. The predicted molar refractivity (Wildman–Crippen MR) is 255 cm³/mol. The van der Waals surface area contributed by atoms with E-state index >= 15 is 0 Å². The van der Waals surface area contributed by atoms with Crippen molar-refractivity contribution in [3.63, 3.8) is 0 Å². The van der Waals surface area contributed by atoms with Gasteiger partial charge < -0.3 is 0 Å². The molecule has 0 spiro atoms. The molecular weight excluding hydrogens is 823 g/mol. The number of fused-ring (bicyclic) bond motifs is 13. The first kappa shape index (κ1) is 43.3. The van der Waals surface area contributed by atoms with Crippen molar-refractivity contribution < 1.29 is 37.1 Å². The van der Waals surface area contributed by atoms with Crippen LogP contribution in [0.4, 0.5) is 0 Å². The van der Waals surface area contributed by atoms with E-state index in [9.17, 15) is 0 Å². The van der Waals surface area contributed by atoms with Crippen LogP contribution in [0.5, 0.6) is 0 Å². The fraction of sp³-hybridized carbons (Fsp3) is 0.167. The van der Waals surface area contributed by atoms with Gasteiger partial charge in [0, 0.05) is 18.6 Å². The van der Waals surface area contributed by atoms with Gasteiger partial charge in [-0.1, -0.05) is 133 Å². The predicted octanol–water partition coefficient (Wildman–Crippen LogP) is 15.2. The number of rotatable bonds is 1. The molecule has 2 radical (unpaired) electrons. The van der Waals surface area contributed by atoms with Crippen LogP contribution < -0.4 is 0 Å². The van der Waals surface area contributed by atoms with Crippen LogP contribution in [0.2, 0.25) is 0 Å². The number of hydrogen-bond acceptors (Lipinski definition) is 0. The van der Waals surface area contributed by atoms with E-state index in [-0.39, 0.29) is 37.1 Å². The average Bonchev–Trinajstić information content (AvgIpc) is 3.96. The molecule has 0 heterocycles. The van der Waals surface area contributed by atoms with Crippen LogP contribution in [0.25, 0.3) is 55.6 Å². The van der Waals surface area contributed by atoms with Gasteiger partial charge in [-0.25, -0.2) is 0 Å². The molecule has 4 aliphatic rings. The van der Waals surface area contributed by atoms with Crippen LogP contribution in [0.3, 0.4) is 0 Å². The minimum atomic E-state index is 0. The van der Waals surface area contributed by atoms with Crippen LogP contribution in [-0.4, -0.2) is 0 Å². The molecule has 0 N–H and O–H groups in total. The van der Waals surface area contributed by atoms with Crippen molar-refractivity contribution >= 4 is 0 Å². The summed E-state index contributed by atoms with van der Waals surface area (Å²) in [5.41, 5.74) is 36.1. The van der Waals surface area contributed by atoms with E-state index in [1.807, 2.05) is 0 Å². The Morgan fingerprint density at radius 3 is 0.839 bits per heavy atom. The Morgan fingerprint density at radius 1 is 0.274 bits per heavy atom. The van der Waals surface area contributed by atoms with Crippen LogP contribution in [0.1, 0.15) is 89.0 Å². The summed E-state index contributed by atoms with van der Waals surface area (Å²) in [6, 6.07) is 49.8. The second-order valence-electron chi connectivity index (χ2n) is 18.0. The Hall–Kier alpha value is -5.33. The fourth-order valence-corrected chi connectivity index (χ4v) is 10.4. The first-order valence-corrected chi connectivity index (χ1v) is 21.5. The first-order valence-electron chi connectivity index (χ1n) is 21.5. The summed E-state index contributed by atoms with van der Waals surface area (Å²) in [6.45, 7) is 21.1. The van der Waals surface area contributed by atoms with Gasteiger partial charge in [-0.15, -0.1) is 23.3 Å². The second kappa shape index (κ2) is 17.1. The molecule has 0 aliphatic heterocycles. The molecule has 0 bridgehead atoms. The van der Waals surface area contributed by atoms with Crippen molar-refractivity contribution in [2.75, 3.05) is 0 Å². The number of hydrogen-bond donors (Lipinski definition) is 0. The Bertz CT molecular complexity index is 2840. The minimum absolute atomic E-state index is 0. The Balaban J connectivity index is 0.000000128. The van der Waals surface area contributed by atoms with Crippen LogP contribution in [0.15, 0.2) is 133 Å². The van der Waals surface area contributed by atoms with Crippen LogP contribution >= 0.6 is 0 Å². The summed E-state index contributed by atoms with van der Waals surface area (Å²) in [4.78, 5) is 0. The fourth-order valence-electron chi connectivity index (χ4n) is 10.4. The smallest absolute Gasteiger partial charge is 0.199 e. The summed E-state index contributed by atoms with van der Waals surface area (Å²) in [5, 5.41) is 0. The van der Waals surface area contributed by atoms with Gasteiger partial charge in [0.2, 0.25) is 0 Å². The molecule has 4 aliphatic carbocycles. The molecule has 8 aromatic rings. The molecule has 0 amide bonds. The van der Waals surface area contributed by atoms with Crippen molar-refractivity contribution in [3.8, 4) is 55.6 Å². The van der Waals surface area contributed by atoms with Crippen molar-refractivity contribution in [3.05, 3.63) is 236 Å². The first-order chi connectivity index (χ1) is 29.0. The maximum atomic E-state index is 4.09. The summed E-state index contributed by atoms with van der Waals surface area (Å²) >= 11 is 0. The third-order valence-electron chi connectivity index (χ3n) is 13.3.